The van der Waals surface area contributed by atoms with Gasteiger partial charge < -0.3 is 4.74 Å². The molecule has 0 aromatic rings. The van der Waals surface area contributed by atoms with Crippen LogP contribution in [0.4, 0.5) is 0 Å². The van der Waals surface area contributed by atoms with Crippen molar-refractivity contribution in [2.24, 2.45) is 5.41 Å². The summed E-state index contributed by atoms with van der Waals surface area (Å²) in [5, 5.41) is 8.82. The highest BCUT2D eigenvalue weighted by Crippen LogP contribution is 2.27. The largest absolute Gasteiger partial charge is 0.378 e. The molecule has 12 heavy (non-hydrogen) atoms. The van der Waals surface area contributed by atoms with Crippen LogP contribution in [0.3, 0.4) is 0 Å². The Morgan fingerprint density at radius 3 is 2.75 bits per heavy atom. The van der Waals surface area contributed by atoms with Crippen molar-refractivity contribution in [1.29, 1.82) is 5.26 Å². The Morgan fingerprint density at radius 1 is 1.50 bits per heavy atom. The number of rotatable bonds is 2. The standard InChI is InChI=1S/C10H17NO/c1-10(2,8-11)7-9-5-3-4-6-12-9/h9H,3-7H2,1-2H3. The highest BCUT2D eigenvalue weighted by molar-refractivity contribution is 4.93. The molecule has 0 aromatic heterocycles. The van der Waals surface area contributed by atoms with Gasteiger partial charge in [0.05, 0.1) is 17.6 Å². The molecule has 68 valence electrons. The third-order valence-electron chi connectivity index (χ3n) is 2.31. The second-order valence-corrected chi connectivity index (χ2v) is 4.19. The van der Waals surface area contributed by atoms with Crippen molar-refractivity contribution in [3.63, 3.8) is 0 Å². The van der Waals surface area contributed by atoms with Gasteiger partial charge >= 0.3 is 0 Å². The Morgan fingerprint density at radius 2 is 2.25 bits per heavy atom. The SMILES string of the molecule is CC(C)(C#N)CC1CCCCO1. The fraction of sp³-hybridized carbons (Fsp3) is 0.900. The molecule has 1 saturated heterocycles. The van der Waals surface area contributed by atoms with Crippen LogP contribution >= 0.6 is 0 Å². The van der Waals surface area contributed by atoms with Gasteiger partial charge in [0.25, 0.3) is 0 Å². The van der Waals surface area contributed by atoms with E-state index in [4.69, 9.17) is 10.00 Å². The predicted molar refractivity (Wildman–Crippen MR) is 47.6 cm³/mol. The zero-order chi connectivity index (χ0) is 9.03. The summed E-state index contributed by atoms with van der Waals surface area (Å²) in [6.07, 6.45) is 4.78. The van der Waals surface area contributed by atoms with Crippen LogP contribution in [0.2, 0.25) is 0 Å². The van der Waals surface area contributed by atoms with Crippen LogP contribution in [-0.4, -0.2) is 12.7 Å². The summed E-state index contributed by atoms with van der Waals surface area (Å²) in [7, 11) is 0. The lowest BCUT2D eigenvalue weighted by molar-refractivity contribution is -0.00247. The summed E-state index contributed by atoms with van der Waals surface area (Å²) in [5.74, 6) is 0. The van der Waals surface area contributed by atoms with Crippen LogP contribution in [-0.2, 0) is 4.74 Å². The minimum Gasteiger partial charge on any atom is -0.378 e. The average molecular weight is 167 g/mol. The molecule has 0 N–H and O–H groups in total. The van der Waals surface area contributed by atoms with Crippen LogP contribution in [0.25, 0.3) is 0 Å². The van der Waals surface area contributed by atoms with Crippen molar-refractivity contribution >= 4 is 0 Å². The molecule has 1 unspecified atom stereocenters. The molecule has 1 atom stereocenters. The minimum atomic E-state index is -0.220. The molecule has 0 aliphatic carbocycles. The molecule has 1 aliphatic heterocycles. The molecule has 1 aliphatic rings. The molecule has 0 bridgehead atoms. The normalized spacial score (nSPS) is 24.9. The predicted octanol–water partition coefficient (Wildman–Crippen LogP) is 2.50. The maximum absolute atomic E-state index is 8.82. The van der Waals surface area contributed by atoms with Crippen LogP contribution in [0.1, 0.15) is 39.5 Å². The van der Waals surface area contributed by atoms with Crippen molar-refractivity contribution in [2.75, 3.05) is 6.61 Å². The van der Waals surface area contributed by atoms with Gasteiger partial charge in [-0.25, -0.2) is 0 Å². The van der Waals surface area contributed by atoms with Crippen molar-refractivity contribution in [2.45, 2.75) is 45.6 Å². The first-order chi connectivity index (χ1) is 5.64. The van der Waals surface area contributed by atoms with E-state index in [2.05, 4.69) is 6.07 Å². The van der Waals surface area contributed by atoms with E-state index in [1.807, 2.05) is 13.8 Å². The van der Waals surface area contributed by atoms with Crippen LogP contribution in [0.5, 0.6) is 0 Å². The van der Waals surface area contributed by atoms with E-state index in [0.717, 1.165) is 19.4 Å². The summed E-state index contributed by atoms with van der Waals surface area (Å²) in [4.78, 5) is 0. The Hall–Kier alpha value is -0.550. The molecule has 0 aromatic carbocycles. The van der Waals surface area contributed by atoms with Crippen molar-refractivity contribution in [3.05, 3.63) is 0 Å². The third kappa shape index (κ3) is 2.83. The molecule has 1 fully saturated rings. The molecule has 2 heteroatoms. The molecular formula is C10H17NO. The summed E-state index contributed by atoms with van der Waals surface area (Å²) >= 11 is 0. The maximum Gasteiger partial charge on any atom is 0.0684 e. The van der Waals surface area contributed by atoms with Gasteiger partial charge in [-0.3, -0.25) is 0 Å². The highest BCUT2D eigenvalue weighted by Gasteiger charge is 2.24. The van der Waals surface area contributed by atoms with E-state index < -0.39 is 0 Å². The molecule has 1 heterocycles. The molecule has 0 amide bonds. The fourth-order valence-corrected chi connectivity index (χ4v) is 1.58. The Kier molecular flexibility index (Phi) is 3.11. The first kappa shape index (κ1) is 9.54. The van der Waals surface area contributed by atoms with Gasteiger partial charge in [0.2, 0.25) is 0 Å². The third-order valence-corrected chi connectivity index (χ3v) is 2.31. The van der Waals surface area contributed by atoms with Gasteiger partial charge in [-0.15, -0.1) is 0 Å². The molecule has 1 rings (SSSR count). The number of nitriles is 1. The summed E-state index contributed by atoms with van der Waals surface area (Å²) < 4.78 is 5.56. The van der Waals surface area contributed by atoms with Crippen molar-refractivity contribution in [1.82, 2.24) is 0 Å². The highest BCUT2D eigenvalue weighted by atomic mass is 16.5. The number of ether oxygens (including phenoxy) is 1. The molecular weight excluding hydrogens is 150 g/mol. The lowest BCUT2D eigenvalue weighted by Gasteiger charge is -2.27. The van der Waals surface area contributed by atoms with Gasteiger partial charge in [0, 0.05) is 6.61 Å². The zero-order valence-corrected chi connectivity index (χ0v) is 7.97. The number of hydrogen-bond donors (Lipinski definition) is 0. The second kappa shape index (κ2) is 3.91. The summed E-state index contributed by atoms with van der Waals surface area (Å²) in [6.45, 7) is 4.84. The number of hydrogen-bond acceptors (Lipinski definition) is 2. The van der Waals surface area contributed by atoms with Gasteiger partial charge in [-0.2, -0.15) is 5.26 Å². The smallest absolute Gasteiger partial charge is 0.0684 e. The van der Waals surface area contributed by atoms with E-state index in [1.54, 1.807) is 0 Å². The van der Waals surface area contributed by atoms with Crippen LogP contribution < -0.4 is 0 Å². The molecule has 0 radical (unpaired) electrons. The van der Waals surface area contributed by atoms with E-state index in [1.165, 1.54) is 12.8 Å². The summed E-state index contributed by atoms with van der Waals surface area (Å²) in [6, 6.07) is 2.31. The van der Waals surface area contributed by atoms with E-state index >= 15 is 0 Å². The molecule has 2 nitrogen and oxygen atoms in total. The Labute approximate surface area is 74.5 Å². The van der Waals surface area contributed by atoms with Crippen LogP contribution in [0.15, 0.2) is 0 Å². The van der Waals surface area contributed by atoms with Gasteiger partial charge in [-0.1, -0.05) is 0 Å². The van der Waals surface area contributed by atoms with Crippen molar-refractivity contribution in [3.8, 4) is 6.07 Å². The van der Waals surface area contributed by atoms with Gasteiger partial charge in [0.15, 0.2) is 0 Å². The van der Waals surface area contributed by atoms with Gasteiger partial charge in [-0.05, 0) is 39.5 Å². The van der Waals surface area contributed by atoms with E-state index in [9.17, 15) is 0 Å². The molecule has 0 saturated carbocycles. The first-order valence-corrected chi connectivity index (χ1v) is 4.67. The maximum atomic E-state index is 8.82. The van der Waals surface area contributed by atoms with Gasteiger partial charge in [0.1, 0.15) is 0 Å². The lowest BCUT2D eigenvalue weighted by Crippen LogP contribution is -2.25. The quantitative estimate of drug-likeness (QED) is 0.633. The fourth-order valence-electron chi connectivity index (χ4n) is 1.58. The minimum absolute atomic E-state index is 0.220. The van der Waals surface area contributed by atoms with E-state index in [0.29, 0.717) is 6.10 Å². The topological polar surface area (TPSA) is 33.0 Å². The average Bonchev–Trinajstić information content (AvgIpc) is 2.06. The zero-order valence-electron chi connectivity index (χ0n) is 7.97. The Balaban J connectivity index is 2.35. The van der Waals surface area contributed by atoms with E-state index in [-0.39, 0.29) is 5.41 Å². The van der Waals surface area contributed by atoms with Crippen LogP contribution in [0, 0.1) is 16.7 Å². The Bertz CT molecular complexity index is 175. The monoisotopic (exact) mass is 167 g/mol. The van der Waals surface area contributed by atoms with Crippen molar-refractivity contribution < 1.29 is 4.74 Å². The second-order valence-electron chi connectivity index (χ2n) is 4.19. The first-order valence-electron chi connectivity index (χ1n) is 4.67. The summed E-state index contributed by atoms with van der Waals surface area (Å²) in [5.41, 5.74) is -0.220. The lowest BCUT2D eigenvalue weighted by atomic mass is 9.86. The number of nitrogens with zero attached hydrogens (tertiary/aromatic N) is 1. The molecule has 0 spiro atoms.